The maximum absolute atomic E-state index is 11.8. The second-order valence-corrected chi connectivity index (χ2v) is 8.09. The fourth-order valence-corrected chi connectivity index (χ4v) is 4.78. The van der Waals surface area contributed by atoms with E-state index in [0.717, 1.165) is 25.2 Å². The SMILES string of the molecule is CCN(CC)c1ccc(C2Nc3ccc(N(C)C(C)=O)cc3C3C=CCC32)cc1. The van der Waals surface area contributed by atoms with E-state index in [2.05, 4.69) is 72.6 Å². The maximum atomic E-state index is 11.8. The summed E-state index contributed by atoms with van der Waals surface area (Å²) < 4.78 is 0. The van der Waals surface area contributed by atoms with E-state index in [4.69, 9.17) is 0 Å². The highest BCUT2D eigenvalue weighted by Gasteiger charge is 2.38. The number of rotatable bonds is 5. The van der Waals surface area contributed by atoms with E-state index in [1.807, 2.05) is 13.1 Å². The van der Waals surface area contributed by atoms with E-state index in [-0.39, 0.29) is 5.91 Å². The molecule has 1 amide bonds. The molecule has 0 saturated carbocycles. The molecule has 3 atom stereocenters. The van der Waals surface area contributed by atoms with Gasteiger partial charge in [0.1, 0.15) is 0 Å². The first-order chi connectivity index (χ1) is 14.0. The Balaban J connectivity index is 1.65. The smallest absolute Gasteiger partial charge is 0.223 e. The van der Waals surface area contributed by atoms with Crippen molar-refractivity contribution in [2.75, 3.05) is 35.3 Å². The third kappa shape index (κ3) is 3.52. The van der Waals surface area contributed by atoms with Crippen LogP contribution in [0.1, 0.15) is 50.3 Å². The number of carbonyl (C=O) groups is 1. The summed E-state index contributed by atoms with van der Waals surface area (Å²) in [6.07, 6.45) is 5.73. The lowest BCUT2D eigenvalue weighted by Gasteiger charge is -2.38. The van der Waals surface area contributed by atoms with Gasteiger partial charge in [0.25, 0.3) is 0 Å². The van der Waals surface area contributed by atoms with E-state index in [1.165, 1.54) is 22.5 Å². The molecule has 0 spiro atoms. The third-order valence-electron chi connectivity index (χ3n) is 6.59. The molecule has 2 aromatic rings. The van der Waals surface area contributed by atoms with Gasteiger partial charge in [0.15, 0.2) is 0 Å². The molecule has 1 aliphatic carbocycles. The summed E-state index contributed by atoms with van der Waals surface area (Å²) in [5.74, 6) is 0.942. The molecule has 152 valence electrons. The minimum atomic E-state index is 0.0541. The van der Waals surface area contributed by atoms with Crippen LogP contribution in [0.25, 0.3) is 0 Å². The van der Waals surface area contributed by atoms with Gasteiger partial charge in [-0.3, -0.25) is 4.79 Å². The maximum Gasteiger partial charge on any atom is 0.223 e. The predicted molar refractivity (Wildman–Crippen MR) is 122 cm³/mol. The Labute approximate surface area is 174 Å². The van der Waals surface area contributed by atoms with Crippen LogP contribution in [0, 0.1) is 5.92 Å². The van der Waals surface area contributed by atoms with Crippen LogP contribution in [0.5, 0.6) is 0 Å². The van der Waals surface area contributed by atoms with Gasteiger partial charge in [-0.15, -0.1) is 0 Å². The summed E-state index contributed by atoms with van der Waals surface area (Å²) >= 11 is 0. The second kappa shape index (κ2) is 7.94. The molecule has 4 heteroatoms. The van der Waals surface area contributed by atoms with Gasteiger partial charge in [-0.2, -0.15) is 0 Å². The zero-order chi connectivity index (χ0) is 20.5. The average molecular weight is 390 g/mol. The summed E-state index contributed by atoms with van der Waals surface area (Å²) in [6, 6.07) is 15.7. The molecule has 1 N–H and O–H groups in total. The van der Waals surface area contributed by atoms with Crippen molar-refractivity contribution in [3.05, 3.63) is 65.7 Å². The summed E-state index contributed by atoms with van der Waals surface area (Å²) in [6.45, 7) is 8.05. The lowest BCUT2D eigenvalue weighted by molar-refractivity contribution is -0.116. The summed E-state index contributed by atoms with van der Waals surface area (Å²) in [5, 5.41) is 3.80. The van der Waals surface area contributed by atoms with Crippen molar-refractivity contribution >= 4 is 23.0 Å². The number of benzene rings is 2. The molecular weight excluding hydrogens is 358 g/mol. The highest BCUT2D eigenvalue weighted by atomic mass is 16.2. The van der Waals surface area contributed by atoms with Crippen molar-refractivity contribution in [1.82, 2.24) is 0 Å². The molecular formula is C25H31N3O. The van der Waals surface area contributed by atoms with Gasteiger partial charge in [0.2, 0.25) is 5.91 Å². The molecule has 0 aromatic heterocycles. The number of hydrogen-bond acceptors (Lipinski definition) is 3. The Morgan fingerprint density at radius 3 is 2.41 bits per heavy atom. The third-order valence-corrected chi connectivity index (χ3v) is 6.59. The zero-order valence-electron chi connectivity index (χ0n) is 17.9. The molecule has 0 fully saturated rings. The number of carbonyl (C=O) groups excluding carboxylic acids is 1. The molecule has 29 heavy (non-hydrogen) atoms. The van der Waals surface area contributed by atoms with Crippen LogP contribution in [0.2, 0.25) is 0 Å². The van der Waals surface area contributed by atoms with E-state index in [1.54, 1.807) is 11.8 Å². The van der Waals surface area contributed by atoms with Gasteiger partial charge in [-0.25, -0.2) is 0 Å². The largest absolute Gasteiger partial charge is 0.378 e. The number of amides is 1. The second-order valence-electron chi connectivity index (χ2n) is 8.09. The molecule has 2 aliphatic rings. The fraction of sp³-hybridized carbons (Fsp3) is 0.400. The summed E-state index contributed by atoms with van der Waals surface area (Å²) in [7, 11) is 1.84. The van der Waals surface area contributed by atoms with Crippen LogP contribution in [0.4, 0.5) is 17.1 Å². The monoisotopic (exact) mass is 389 g/mol. The highest BCUT2D eigenvalue weighted by molar-refractivity contribution is 5.91. The minimum Gasteiger partial charge on any atom is -0.378 e. The number of nitrogens with zero attached hydrogens (tertiary/aromatic N) is 2. The zero-order valence-corrected chi connectivity index (χ0v) is 17.9. The Kier molecular flexibility index (Phi) is 5.35. The van der Waals surface area contributed by atoms with Gasteiger partial charge in [0, 0.05) is 50.0 Å². The van der Waals surface area contributed by atoms with E-state index in [0.29, 0.717) is 17.9 Å². The minimum absolute atomic E-state index is 0.0541. The van der Waals surface area contributed by atoms with E-state index >= 15 is 0 Å². The predicted octanol–water partition coefficient (Wildman–Crippen LogP) is 5.34. The first kappa shape index (κ1) is 19.6. The highest BCUT2D eigenvalue weighted by Crippen LogP contribution is 2.50. The van der Waals surface area contributed by atoms with Crippen molar-refractivity contribution < 1.29 is 4.79 Å². The van der Waals surface area contributed by atoms with E-state index in [9.17, 15) is 4.79 Å². The van der Waals surface area contributed by atoms with Gasteiger partial charge < -0.3 is 15.1 Å². The van der Waals surface area contributed by atoms with Crippen molar-refractivity contribution in [3.63, 3.8) is 0 Å². The fourth-order valence-electron chi connectivity index (χ4n) is 4.78. The van der Waals surface area contributed by atoms with Crippen LogP contribution in [-0.4, -0.2) is 26.0 Å². The normalized spacial score (nSPS) is 21.9. The Morgan fingerprint density at radius 1 is 1.07 bits per heavy atom. The summed E-state index contributed by atoms with van der Waals surface area (Å²) in [4.78, 5) is 15.9. The van der Waals surface area contributed by atoms with Crippen molar-refractivity contribution in [2.24, 2.45) is 5.92 Å². The topological polar surface area (TPSA) is 35.6 Å². The van der Waals surface area contributed by atoms with Crippen LogP contribution in [0.3, 0.4) is 0 Å². The molecule has 3 unspecified atom stereocenters. The standard InChI is InChI=1S/C25H31N3O/c1-5-28(6-2)19-12-10-18(11-13-19)25-22-9-7-8-21(22)23-16-20(27(4)17(3)29)14-15-24(23)26-25/h7-8,10-16,21-22,25-26H,5-6,9H2,1-4H3. The lowest BCUT2D eigenvalue weighted by atomic mass is 9.77. The number of anilines is 3. The molecule has 0 bridgehead atoms. The van der Waals surface area contributed by atoms with Gasteiger partial charge in [-0.05, 0) is 67.6 Å². The molecule has 1 aliphatic heterocycles. The molecule has 4 rings (SSSR count). The van der Waals surface area contributed by atoms with Crippen molar-refractivity contribution in [2.45, 2.75) is 39.2 Å². The van der Waals surface area contributed by atoms with Crippen molar-refractivity contribution in [1.29, 1.82) is 0 Å². The molecule has 0 radical (unpaired) electrons. The molecule has 1 heterocycles. The van der Waals surface area contributed by atoms with Crippen LogP contribution in [0.15, 0.2) is 54.6 Å². The van der Waals surface area contributed by atoms with Crippen LogP contribution < -0.4 is 15.1 Å². The Hall–Kier alpha value is -2.75. The number of hydrogen-bond donors (Lipinski definition) is 1. The number of fused-ring (bicyclic) bond motifs is 3. The lowest BCUT2D eigenvalue weighted by Crippen LogP contribution is -2.30. The number of nitrogens with one attached hydrogen (secondary N) is 1. The first-order valence-electron chi connectivity index (χ1n) is 10.7. The first-order valence-corrected chi connectivity index (χ1v) is 10.7. The average Bonchev–Trinajstić information content (AvgIpc) is 3.24. The Morgan fingerprint density at radius 2 is 1.76 bits per heavy atom. The quantitative estimate of drug-likeness (QED) is 0.701. The van der Waals surface area contributed by atoms with Gasteiger partial charge in [0.05, 0.1) is 6.04 Å². The van der Waals surface area contributed by atoms with Crippen LogP contribution >= 0.6 is 0 Å². The number of allylic oxidation sites excluding steroid dienone is 2. The summed E-state index contributed by atoms with van der Waals surface area (Å²) in [5.41, 5.74) is 6.06. The Bertz CT molecular complexity index is 914. The van der Waals surface area contributed by atoms with Crippen molar-refractivity contribution in [3.8, 4) is 0 Å². The molecule has 2 aromatic carbocycles. The van der Waals surface area contributed by atoms with E-state index < -0.39 is 0 Å². The van der Waals surface area contributed by atoms with Gasteiger partial charge >= 0.3 is 0 Å². The van der Waals surface area contributed by atoms with Crippen LogP contribution in [-0.2, 0) is 4.79 Å². The molecule has 4 nitrogen and oxygen atoms in total. The van der Waals surface area contributed by atoms with Gasteiger partial charge in [-0.1, -0.05) is 24.3 Å². The molecule has 0 saturated heterocycles.